The van der Waals surface area contributed by atoms with Crippen molar-refractivity contribution < 1.29 is 28.6 Å². The molecule has 0 saturated heterocycles. The molecule has 0 aromatic rings. The van der Waals surface area contributed by atoms with Gasteiger partial charge in [0.2, 0.25) is 0 Å². The zero-order valence-electron chi connectivity index (χ0n) is 26.6. The van der Waals surface area contributed by atoms with Crippen LogP contribution in [0.15, 0.2) is 0 Å². The maximum Gasteiger partial charge on any atom is 0.305 e. The Bertz CT molecular complexity index is 557. The normalized spacial score (nSPS) is 11.8. The van der Waals surface area contributed by atoms with E-state index in [1.807, 2.05) is 6.92 Å². The Morgan fingerprint density at radius 2 is 0.769 bits per heavy atom. The Hall–Kier alpha value is -1.59. The van der Waals surface area contributed by atoms with E-state index in [1.165, 1.54) is 19.3 Å². The van der Waals surface area contributed by atoms with Gasteiger partial charge in [0.25, 0.3) is 0 Å². The van der Waals surface area contributed by atoms with E-state index in [2.05, 4.69) is 41.5 Å². The molecule has 0 aliphatic carbocycles. The van der Waals surface area contributed by atoms with Gasteiger partial charge in [0.05, 0.1) is 5.41 Å². The van der Waals surface area contributed by atoms with Gasteiger partial charge < -0.3 is 14.2 Å². The predicted octanol–water partition coefficient (Wildman–Crippen LogP) is 8.83. The lowest BCUT2D eigenvalue weighted by atomic mass is 9.88. The summed E-state index contributed by atoms with van der Waals surface area (Å²) in [5.41, 5.74) is -0.728. The van der Waals surface area contributed by atoms with Gasteiger partial charge in [-0.1, -0.05) is 106 Å². The molecule has 6 nitrogen and oxygen atoms in total. The average Bonchev–Trinajstić information content (AvgIpc) is 2.87. The highest BCUT2D eigenvalue weighted by molar-refractivity contribution is 5.70. The lowest BCUT2D eigenvalue weighted by Crippen LogP contribution is -2.39. The molecule has 0 amide bonds. The molecular weight excluding hydrogens is 492 g/mol. The molecule has 230 valence electrons. The molecule has 0 N–H and O–H groups in total. The summed E-state index contributed by atoms with van der Waals surface area (Å²) in [6, 6.07) is 0. The van der Waals surface area contributed by atoms with Crippen molar-refractivity contribution in [2.45, 2.75) is 151 Å². The lowest BCUT2D eigenvalue weighted by molar-refractivity contribution is -0.162. The van der Waals surface area contributed by atoms with Crippen molar-refractivity contribution in [3.8, 4) is 0 Å². The number of esters is 3. The minimum atomic E-state index is -0.728. The molecule has 6 heteroatoms. The molecule has 0 rings (SSSR count). The van der Waals surface area contributed by atoms with Crippen molar-refractivity contribution in [3.63, 3.8) is 0 Å². The third-order valence-electron chi connectivity index (χ3n) is 7.36. The van der Waals surface area contributed by atoms with Gasteiger partial charge in [0.15, 0.2) is 0 Å². The van der Waals surface area contributed by atoms with Gasteiger partial charge in [-0.25, -0.2) is 0 Å². The largest absolute Gasteiger partial charge is 0.465 e. The monoisotopic (exact) mass is 554 g/mol. The molecule has 0 unspecified atom stereocenters. The molecule has 0 fully saturated rings. The first-order valence-electron chi connectivity index (χ1n) is 16.0. The molecular formula is C33H62O6. The summed E-state index contributed by atoms with van der Waals surface area (Å²) in [5.74, 6) is 1.29. The van der Waals surface area contributed by atoms with E-state index >= 15 is 0 Å². The zero-order valence-corrected chi connectivity index (χ0v) is 26.6. The third-order valence-corrected chi connectivity index (χ3v) is 7.36. The summed E-state index contributed by atoms with van der Waals surface area (Å²) in [5, 5.41) is 0. The Morgan fingerprint density at radius 3 is 1.00 bits per heavy atom. The quantitative estimate of drug-likeness (QED) is 0.0637. The zero-order chi connectivity index (χ0) is 29.5. The van der Waals surface area contributed by atoms with Crippen molar-refractivity contribution in [3.05, 3.63) is 0 Å². The first-order valence-corrected chi connectivity index (χ1v) is 16.0. The molecule has 0 atom stereocenters. The first-order chi connectivity index (χ1) is 18.5. The topological polar surface area (TPSA) is 78.9 Å². The Morgan fingerprint density at radius 1 is 0.487 bits per heavy atom. The summed E-state index contributed by atoms with van der Waals surface area (Å²) in [4.78, 5) is 37.3. The van der Waals surface area contributed by atoms with Gasteiger partial charge in [-0.3, -0.25) is 14.4 Å². The second kappa shape index (κ2) is 23.1. The van der Waals surface area contributed by atoms with Crippen LogP contribution in [-0.4, -0.2) is 37.7 Å². The van der Waals surface area contributed by atoms with E-state index in [0.29, 0.717) is 43.4 Å². The van der Waals surface area contributed by atoms with Crippen molar-refractivity contribution in [1.29, 1.82) is 0 Å². The predicted molar refractivity (Wildman–Crippen MR) is 159 cm³/mol. The van der Waals surface area contributed by atoms with Gasteiger partial charge in [0.1, 0.15) is 19.8 Å². The van der Waals surface area contributed by atoms with Crippen LogP contribution in [0.2, 0.25) is 0 Å². The molecule has 0 spiro atoms. The summed E-state index contributed by atoms with van der Waals surface area (Å²) >= 11 is 0. The number of unbranched alkanes of at least 4 members (excludes halogenated alkanes) is 6. The molecule has 0 radical (unpaired) electrons. The highest BCUT2D eigenvalue weighted by Gasteiger charge is 2.34. The maximum absolute atomic E-state index is 12.4. The number of ether oxygens (including phenoxy) is 3. The summed E-state index contributed by atoms with van der Waals surface area (Å²) in [7, 11) is 0. The Kier molecular flexibility index (Phi) is 22.2. The van der Waals surface area contributed by atoms with E-state index in [-0.39, 0.29) is 37.7 Å². The van der Waals surface area contributed by atoms with E-state index in [0.717, 1.165) is 57.8 Å². The van der Waals surface area contributed by atoms with Crippen LogP contribution in [0.5, 0.6) is 0 Å². The van der Waals surface area contributed by atoms with Crippen LogP contribution in [0.25, 0.3) is 0 Å². The van der Waals surface area contributed by atoms with Crippen LogP contribution >= 0.6 is 0 Å². The van der Waals surface area contributed by atoms with Crippen LogP contribution in [0, 0.1) is 23.2 Å². The molecule has 0 aliphatic rings. The maximum atomic E-state index is 12.4. The van der Waals surface area contributed by atoms with Crippen molar-refractivity contribution in [1.82, 2.24) is 0 Å². The smallest absolute Gasteiger partial charge is 0.305 e. The van der Waals surface area contributed by atoms with Gasteiger partial charge in [0, 0.05) is 19.3 Å². The van der Waals surface area contributed by atoms with E-state index in [4.69, 9.17) is 14.2 Å². The second-order valence-electron chi connectivity index (χ2n) is 12.8. The first kappa shape index (κ1) is 37.4. The van der Waals surface area contributed by atoms with Crippen molar-refractivity contribution in [2.75, 3.05) is 19.8 Å². The number of carbonyl (C=O) groups is 3. The summed E-state index contributed by atoms with van der Waals surface area (Å²) in [6.07, 6.45) is 14.0. The fraction of sp³-hybridized carbons (Fsp3) is 0.909. The third kappa shape index (κ3) is 22.9. The van der Waals surface area contributed by atoms with Gasteiger partial charge >= 0.3 is 17.9 Å². The number of hydrogen-bond acceptors (Lipinski definition) is 6. The summed E-state index contributed by atoms with van der Waals surface area (Å²) < 4.78 is 16.9. The number of rotatable bonds is 25. The molecule has 0 bridgehead atoms. The highest BCUT2D eigenvalue weighted by Crippen LogP contribution is 2.26. The van der Waals surface area contributed by atoms with Crippen LogP contribution in [0.1, 0.15) is 151 Å². The molecule has 0 aromatic heterocycles. The van der Waals surface area contributed by atoms with Crippen LogP contribution in [0.4, 0.5) is 0 Å². The molecule has 0 saturated carbocycles. The minimum Gasteiger partial charge on any atom is -0.465 e. The van der Waals surface area contributed by atoms with Gasteiger partial charge in [-0.2, -0.15) is 0 Å². The van der Waals surface area contributed by atoms with Crippen molar-refractivity contribution in [2.24, 2.45) is 23.2 Å². The Labute approximate surface area is 240 Å². The van der Waals surface area contributed by atoms with Gasteiger partial charge in [-0.15, -0.1) is 0 Å². The van der Waals surface area contributed by atoms with Gasteiger partial charge in [-0.05, 0) is 43.4 Å². The molecule has 0 aromatic carbocycles. The van der Waals surface area contributed by atoms with Crippen molar-refractivity contribution >= 4 is 17.9 Å². The Balaban J connectivity index is 4.80. The fourth-order valence-electron chi connectivity index (χ4n) is 4.34. The standard InChI is InChI=1S/C33H62O6/c1-8-33(24-37-30(34)21-15-9-12-18-27(2)3,25-38-31(35)22-16-10-13-19-28(4)5)26-39-32(36)23-17-11-14-20-29(6)7/h27-29H,8-26H2,1-7H3. The van der Waals surface area contributed by atoms with Crippen LogP contribution < -0.4 is 0 Å². The minimum absolute atomic E-state index is 0.0810. The number of carbonyl (C=O) groups excluding carboxylic acids is 3. The van der Waals surface area contributed by atoms with E-state index < -0.39 is 5.41 Å². The second-order valence-corrected chi connectivity index (χ2v) is 12.8. The fourth-order valence-corrected chi connectivity index (χ4v) is 4.34. The SMILES string of the molecule is CCC(COC(=O)CCCCCC(C)C)(COC(=O)CCCCCC(C)C)COC(=O)CCCCCC(C)C. The lowest BCUT2D eigenvalue weighted by Gasteiger charge is -2.31. The van der Waals surface area contributed by atoms with Crippen LogP contribution in [0.3, 0.4) is 0 Å². The summed E-state index contributed by atoms with van der Waals surface area (Å²) in [6.45, 7) is 15.4. The molecule has 39 heavy (non-hydrogen) atoms. The van der Waals surface area contributed by atoms with Crippen LogP contribution in [-0.2, 0) is 28.6 Å². The van der Waals surface area contributed by atoms with E-state index in [1.54, 1.807) is 0 Å². The molecule has 0 heterocycles. The highest BCUT2D eigenvalue weighted by atomic mass is 16.6. The molecule has 0 aliphatic heterocycles. The van der Waals surface area contributed by atoms with E-state index in [9.17, 15) is 14.4 Å². The average molecular weight is 555 g/mol. The number of hydrogen-bond donors (Lipinski definition) is 0.